The molecule has 0 aliphatic carbocycles. The second kappa shape index (κ2) is 7.31. The Hall–Kier alpha value is -2.64. The zero-order chi connectivity index (χ0) is 17.9. The molecule has 1 fully saturated rings. The van der Waals surface area contributed by atoms with Gasteiger partial charge in [0.1, 0.15) is 11.4 Å². The van der Waals surface area contributed by atoms with E-state index in [1.54, 1.807) is 6.07 Å². The fourth-order valence-electron chi connectivity index (χ4n) is 3.29. The highest BCUT2D eigenvalue weighted by Crippen LogP contribution is 2.15. The van der Waals surface area contributed by atoms with E-state index in [-0.39, 0.29) is 5.76 Å². The average molecular weight is 354 g/mol. The summed E-state index contributed by atoms with van der Waals surface area (Å²) >= 11 is 0. The van der Waals surface area contributed by atoms with Crippen molar-refractivity contribution in [3.8, 4) is 0 Å². The third kappa shape index (κ3) is 3.63. The summed E-state index contributed by atoms with van der Waals surface area (Å²) in [5.41, 5.74) is 2.08. The number of furan rings is 1. The third-order valence-electron chi connectivity index (χ3n) is 4.69. The van der Waals surface area contributed by atoms with E-state index >= 15 is 0 Å². The van der Waals surface area contributed by atoms with Crippen LogP contribution in [0.4, 0.5) is 0 Å². The van der Waals surface area contributed by atoms with Crippen LogP contribution in [-0.2, 0) is 17.8 Å². The second-order valence-electron chi connectivity index (χ2n) is 6.51. The predicted molar refractivity (Wildman–Crippen MR) is 95.8 cm³/mol. The zero-order valence-corrected chi connectivity index (χ0v) is 14.8. The van der Waals surface area contributed by atoms with Gasteiger partial charge in [-0.1, -0.05) is 6.07 Å². The highest BCUT2D eigenvalue weighted by Gasteiger charge is 2.20. The van der Waals surface area contributed by atoms with Crippen molar-refractivity contribution in [2.24, 2.45) is 0 Å². The van der Waals surface area contributed by atoms with Gasteiger partial charge in [0.25, 0.3) is 0 Å². The van der Waals surface area contributed by atoms with Crippen LogP contribution >= 0.6 is 0 Å². The Labute approximate surface area is 151 Å². The average Bonchev–Trinajstić information content (AvgIpc) is 3.29. The summed E-state index contributed by atoms with van der Waals surface area (Å²) in [6, 6.07) is 9.55. The molecule has 1 aliphatic rings. The first-order chi connectivity index (χ1) is 12.7. The molecule has 3 aromatic rings. The van der Waals surface area contributed by atoms with Crippen molar-refractivity contribution in [2.75, 3.05) is 33.3 Å². The molecule has 7 heteroatoms. The fraction of sp³-hybridized carbons (Fsp3) is 0.368. The normalized spacial score (nSPS) is 16.2. The number of carbonyl (C=O) groups is 1. The van der Waals surface area contributed by atoms with Crippen LogP contribution in [0.3, 0.4) is 0 Å². The predicted octanol–water partition coefficient (Wildman–Crippen LogP) is 2.03. The topological polar surface area (TPSA) is 63.2 Å². The molecular weight excluding hydrogens is 332 g/mol. The maximum Gasteiger partial charge on any atom is 0.373 e. The van der Waals surface area contributed by atoms with E-state index in [9.17, 15) is 4.79 Å². The number of hydrogen-bond acceptors (Lipinski definition) is 6. The highest BCUT2D eigenvalue weighted by molar-refractivity contribution is 5.86. The molecule has 1 saturated heterocycles. The first-order valence-corrected chi connectivity index (χ1v) is 8.75. The van der Waals surface area contributed by atoms with E-state index in [1.165, 1.54) is 7.11 Å². The molecule has 7 nitrogen and oxygen atoms in total. The molecule has 4 heterocycles. The SMILES string of the molecule is COC(=O)c1ccc(CN2CCN(Cc3cn4ccccc4n3)CC2)o1. The number of esters is 1. The summed E-state index contributed by atoms with van der Waals surface area (Å²) in [7, 11) is 1.35. The van der Waals surface area contributed by atoms with E-state index < -0.39 is 5.97 Å². The summed E-state index contributed by atoms with van der Waals surface area (Å²) in [6.45, 7) is 5.46. The Morgan fingerprint density at radius 1 is 1.12 bits per heavy atom. The molecular formula is C19H22N4O3. The van der Waals surface area contributed by atoms with Gasteiger partial charge in [-0.25, -0.2) is 9.78 Å². The molecule has 0 atom stereocenters. The lowest BCUT2D eigenvalue weighted by molar-refractivity contribution is 0.0559. The van der Waals surface area contributed by atoms with Crippen LogP contribution in [0.2, 0.25) is 0 Å². The molecule has 0 radical (unpaired) electrons. The Bertz CT molecular complexity index is 860. The summed E-state index contributed by atoms with van der Waals surface area (Å²) < 4.78 is 12.3. The van der Waals surface area contributed by atoms with E-state index in [0.29, 0.717) is 6.54 Å². The molecule has 0 aromatic carbocycles. The third-order valence-corrected chi connectivity index (χ3v) is 4.69. The standard InChI is InChI=1S/C19H22N4O3/c1-25-19(24)17-6-5-16(26-17)14-22-10-8-21(9-11-22)12-15-13-23-7-3-2-4-18(23)20-15/h2-7,13H,8-12,14H2,1H3. The van der Waals surface area contributed by atoms with Crippen molar-refractivity contribution < 1.29 is 13.9 Å². The van der Waals surface area contributed by atoms with E-state index in [1.807, 2.05) is 30.5 Å². The highest BCUT2D eigenvalue weighted by atomic mass is 16.5. The Kier molecular flexibility index (Phi) is 4.73. The fourth-order valence-corrected chi connectivity index (χ4v) is 3.29. The van der Waals surface area contributed by atoms with Gasteiger partial charge < -0.3 is 13.6 Å². The van der Waals surface area contributed by atoms with Crippen LogP contribution in [-0.4, -0.2) is 58.4 Å². The molecule has 0 bridgehead atoms. The maximum absolute atomic E-state index is 11.5. The van der Waals surface area contributed by atoms with Gasteiger partial charge in [-0.15, -0.1) is 0 Å². The molecule has 4 rings (SSSR count). The van der Waals surface area contributed by atoms with E-state index in [2.05, 4.69) is 30.1 Å². The Morgan fingerprint density at radius 3 is 2.62 bits per heavy atom. The molecule has 26 heavy (non-hydrogen) atoms. The molecule has 0 unspecified atom stereocenters. The van der Waals surface area contributed by atoms with Crippen molar-refractivity contribution in [1.82, 2.24) is 19.2 Å². The van der Waals surface area contributed by atoms with Crippen LogP contribution in [0.25, 0.3) is 5.65 Å². The minimum absolute atomic E-state index is 0.257. The number of ether oxygens (including phenoxy) is 1. The number of aromatic nitrogens is 2. The minimum Gasteiger partial charge on any atom is -0.463 e. The van der Waals surface area contributed by atoms with Gasteiger partial charge >= 0.3 is 5.97 Å². The smallest absolute Gasteiger partial charge is 0.373 e. The number of methoxy groups -OCH3 is 1. The molecule has 3 aromatic heterocycles. The summed E-state index contributed by atoms with van der Waals surface area (Å²) in [5.74, 6) is 0.612. The number of fused-ring (bicyclic) bond motifs is 1. The van der Waals surface area contributed by atoms with Gasteiger partial charge in [0, 0.05) is 45.1 Å². The van der Waals surface area contributed by atoms with Gasteiger partial charge in [-0.05, 0) is 24.3 Å². The Balaban J connectivity index is 1.29. The lowest BCUT2D eigenvalue weighted by Gasteiger charge is -2.33. The largest absolute Gasteiger partial charge is 0.463 e. The molecule has 0 spiro atoms. The number of pyridine rings is 1. The molecule has 0 amide bonds. The van der Waals surface area contributed by atoms with Crippen molar-refractivity contribution in [3.63, 3.8) is 0 Å². The lowest BCUT2D eigenvalue weighted by Crippen LogP contribution is -2.45. The monoisotopic (exact) mass is 354 g/mol. The van der Waals surface area contributed by atoms with Crippen LogP contribution in [0.15, 0.2) is 47.1 Å². The van der Waals surface area contributed by atoms with Crippen molar-refractivity contribution in [2.45, 2.75) is 13.1 Å². The van der Waals surface area contributed by atoms with Gasteiger partial charge in [0.15, 0.2) is 0 Å². The number of rotatable bonds is 5. The molecule has 0 saturated carbocycles. The first-order valence-electron chi connectivity index (χ1n) is 8.75. The Morgan fingerprint density at radius 2 is 1.88 bits per heavy atom. The van der Waals surface area contributed by atoms with Crippen LogP contribution in [0.1, 0.15) is 22.0 Å². The minimum atomic E-state index is -0.437. The lowest BCUT2D eigenvalue weighted by atomic mass is 10.3. The molecule has 1 aliphatic heterocycles. The number of imidazole rings is 1. The van der Waals surface area contributed by atoms with E-state index in [0.717, 1.165) is 49.8 Å². The zero-order valence-electron chi connectivity index (χ0n) is 14.8. The number of carbonyl (C=O) groups excluding carboxylic acids is 1. The van der Waals surface area contributed by atoms with Crippen molar-refractivity contribution in [1.29, 1.82) is 0 Å². The van der Waals surface area contributed by atoms with Gasteiger partial charge in [-0.2, -0.15) is 0 Å². The van der Waals surface area contributed by atoms with Gasteiger partial charge in [0.2, 0.25) is 5.76 Å². The molecule has 136 valence electrons. The number of piperazine rings is 1. The van der Waals surface area contributed by atoms with Crippen LogP contribution in [0.5, 0.6) is 0 Å². The first kappa shape index (κ1) is 16.8. The van der Waals surface area contributed by atoms with Crippen LogP contribution < -0.4 is 0 Å². The summed E-state index contributed by atoms with van der Waals surface area (Å²) in [4.78, 5) is 20.9. The summed E-state index contributed by atoms with van der Waals surface area (Å²) in [6.07, 6.45) is 4.12. The second-order valence-corrected chi connectivity index (χ2v) is 6.51. The molecule has 0 N–H and O–H groups in total. The number of nitrogens with zero attached hydrogens (tertiary/aromatic N) is 4. The summed E-state index contributed by atoms with van der Waals surface area (Å²) in [5, 5.41) is 0. The quantitative estimate of drug-likeness (QED) is 0.654. The van der Waals surface area contributed by atoms with Crippen molar-refractivity contribution >= 4 is 11.6 Å². The van der Waals surface area contributed by atoms with Gasteiger partial charge in [0.05, 0.1) is 19.3 Å². The number of hydrogen-bond donors (Lipinski definition) is 0. The van der Waals surface area contributed by atoms with E-state index in [4.69, 9.17) is 4.42 Å². The maximum atomic E-state index is 11.5. The van der Waals surface area contributed by atoms with Crippen molar-refractivity contribution in [3.05, 3.63) is 59.9 Å². The van der Waals surface area contributed by atoms with Crippen LogP contribution in [0, 0.1) is 0 Å². The van der Waals surface area contributed by atoms with Gasteiger partial charge in [-0.3, -0.25) is 9.80 Å².